The summed E-state index contributed by atoms with van der Waals surface area (Å²) in [5, 5.41) is 0. The fourth-order valence-corrected chi connectivity index (χ4v) is 3.25. The van der Waals surface area contributed by atoms with Crippen molar-refractivity contribution in [1.82, 2.24) is 4.90 Å². The summed E-state index contributed by atoms with van der Waals surface area (Å²) in [5.74, 6) is 0.758. The predicted octanol–water partition coefficient (Wildman–Crippen LogP) is 4.41. The van der Waals surface area contributed by atoms with Gasteiger partial charge in [-0.3, -0.25) is 4.79 Å². The molecule has 2 nitrogen and oxygen atoms in total. The van der Waals surface area contributed by atoms with Gasteiger partial charge in [-0.1, -0.05) is 35.7 Å². The Hall–Kier alpha value is -0.830. The lowest BCUT2D eigenvalue weighted by molar-refractivity contribution is 0.0629. The molecular weight excluding hydrogens is 302 g/mol. The fourth-order valence-electron chi connectivity index (χ4n) is 3.00. The SMILES string of the molecule is Cc1cc(C(=O)N(C)C2CCCCC2C)ccc1Br. The second-order valence-electron chi connectivity index (χ2n) is 5.71. The van der Waals surface area contributed by atoms with Gasteiger partial charge in [0.25, 0.3) is 5.91 Å². The zero-order valence-electron chi connectivity index (χ0n) is 11.9. The molecule has 0 aliphatic heterocycles. The summed E-state index contributed by atoms with van der Waals surface area (Å²) >= 11 is 3.48. The van der Waals surface area contributed by atoms with Crippen molar-refractivity contribution in [1.29, 1.82) is 0 Å². The molecule has 3 heteroatoms. The Morgan fingerprint density at radius 1 is 1.32 bits per heavy atom. The predicted molar refractivity (Wildman–Crippen MR) is 82.4 cm³/mol. The van der Waals surface area contributed by atoms with Crippen LogP contribution in [0.25, 0.3) is 0 Å². The summed E-state index contributed by atoms with van der Waals surface area (Å²) in [5.41, 5.74) is 1.90. The van der Waals surface area contributed by atoms with Crippen LogP contribution in [0.15, 0.2) is 22.7 Å². The molecule has 0 bridgehead atoms. The molecule has 2 rings (SSSR count). The first kappa shape index (κ1) is 14.6. The minimum Gasteiger partial charge on any atom is -0.338 e. The lowest BCUT2D eigenvalue weighted by atomic mass is 9.85. The van der Waals surface area contributed by atoms with Gasteiger partial charge in [0.1, 0.15) is 0 Å². The van der Waals surface area contributed by atoms with Gasteiger partial charge in [0, 0.05) is 23.1 Å². The highest BCUT2D eigenvalue weighted by molar-refractivity contribution is 9.10. The van der Waals surface area contributed by atoms with Crippen molar-refractivity contribution in [3.63, 3.8) is 0 Å². The molecular formula is C16H22BrNO. The number of carbonyl (C=O) groups is 1. The topological polar surface area (TPSA) is 20.3 Å². The van der Waals surface area contributed by atoms with Crippen LogP contribution in [-0.2, 0) is 0 Å². The minimum atomic E-state index is 0.148. The second kappa shape index (κ2) is 6.08. The third-order valence-electron chi connectivity index (χ3n) is 4.29. The molecule has 1 aromatic carbocycles. The highest BCUT2D eigenvalue weighted by Crippen LogP contribution is 2.28. The van der Waals surface area contributed by atoms with Crippen LogP contribution >= 0.6 is 15.9 Å². The fraction of sp³-hybridized carbons (Fsp3) is 0.562. The van der Waals surface area contributed by atoms with Gasteiger partial charge in [0.2, 0.25) is 0 Å². The van der Waals surface area contributed by atoms with Gasteiger partial charge >= 0.3 is 0 Å². The molecule has 2 atom stereocenters. The lowest BCUT2D eigenvalue weighted by Crippen LogP contribution is -2.42. The summed E-state index contributed by atoms with van der Waals surface area (Å²) in [6.45, 7) is 4.28. The van der Waals surface area contributed by atoms with E-state index in [0.717, 1.165) is 22.0 Å². The average Bonchev–Trinajstić information content (AvgIpc) is 2.41. The zero-order chi connectivity index (χ0) is 14.0. The van der Waals surface area contributed by atoms with E-state index in [-0.39, 0.29) is 5.91 Å². The number of nitrogens with zero attached hydrogens (tertiary/aromatic N) is 1. The molecule has 1 aliphatic rings. The van der Waals surface area contributed by atoms with E-state index < -0.39 is 0 Å². The molecule has 0 heterocycles. The lowest BCUT2D eigenvalue weighted by Gasteiger charge is -2.36. The average molecular weight is 324 g/mol. The van der Waals surface area contributed by atoms with Gasteiger partial charge in [0.15, 0.2) is 0 Å². The van der Waals surface area contributed by atoms with Crippen LogP contribution < -0.4 is 0 Å². The maximum Gasteiger partial charge on any atom is 0.253 e. The first-order chi connectivity index (χ1) is 9.00. The Kier molecular flexibility index (Phi) is 4.67. The molecule has 0 aromatic heterocycles. The Morgan fingerprint density at radius 2 is 2.00 bits per heavy atom. The number of hydrogen-bond donors (Lipinski definition) is 0. The van der Waals surface area contributed by atoms with Crippen LogP contribution in [0.1, 0.15) is 48.5 Å². The number of hydrogen-bond acceptors (Lipinski definition) is 1. The maximum absolute atomic E-state index is 12.6. The molecule has 19 heavy (non-hydrogen) atoms. The number of rotatable bonds is 2. The van der Waals surface area contributed by atoms with E-state index in [0.29, 0.717) is 12.0 Å². The number of benzene rings is 1. The standard InChI is InChI=1S/C16H22BrNO/c1-11-6-4-5-7-15(11)18(3)16(19)13-8-9-14(17)12(2)10-13/h8-11,15H,4-7H2,1-3H3. The van der Waals surface area contributed by atoms with Crippen LogP contribution in [0.3, 0.4) is 0 Å². The van der Waals surface area contributed by atoms with Gasteiger partial charge in [-0.2, -0.15) is 0 Å². The summed E-state index contributed by atoms with van der Waals surface area (Å²) in [6, 6.07) is 6.23. The van der Waals surface area contributed by atoms with E-state index in [1.165, 1.54) is 19.3 Å². The zero-order valence-corrected chi connectivity index (χ0v) is 13.5. The Morgan fingerprint density at radius 3 is 2.63 bits per heavy atom. The third-order valence-corrected chi connectivity index (χ3v) is 5.18. The van der Waals surface area contributed by atoms with Gasteiger partial charge in [-0.25, -0.2) is 0 Å². The van der Waals surface area contributed by atoms with Crippen LogP contribution in [0.2, 0.25) is 0 Å². The van der Waals surface area contributed by atoms with E-state index in [1.807, 2.05) is 37.1 Å². The van der Waals surface area contributed by atoms with Crippen molar-refractivity contribution in [3.05, 3.63) is 33.8 Å². The van der Waals surface area contributed by atoms with E-state index in [4.69, 9.17) is 0 Å². The highest BCUT2D eigenvalue weighted by atomic mass is 79.9. The van der Waals surface area contributed by atoms with Crippen LogP contribution in [0.5, 0.6) is 0 Å². The third kappa shape index (κ3) is 3.19. The van der Waals surface area contributed by atoms with Crippen LogP contribution in [0, 0.1) is 12.8 Å². The summed E-state index contributed by atoms with van der Waals surface area (Å²) in [4.78, 5) is 14.5. The molecule has 1 fully saturated rings. The molecule has 0 radical (unpaired) electrons. The molecule has 1 saturated carbocycles. The first-order valence-electron chi connectivity index (χ1n) is 7.04. The maximum atomic E-state index is 12.6. The van der Waals surface area contributed by atoms with E-state index in [2.05, 4.69) is 22.9 Å². The summed E-state index contributed by atoms with van der Waals surface area (Å²) < 4.78 is 1.05. The molecule has 0 saturated heterocycles. The normalized spacial score (nSPS) is 23.2. The first-order valence-corrected chi connectivity index (χ1v) is 7.83. The largest absolute Gasteiger partial charge is 0.338 e. The monoisotopic (exact) mass is 323 g/mol. The van der Waals surface area contributed by atoms with E-state index in [9.17, 15) is 4.79 Å². The number of halogens is 1. The molecule has 1 amide bonds. The van der Waals surface area contributed by atoms with E-state index in [1.54, 1.807) is 0 Å². The number of amides is 1. The quantitative estimate of drug-likeness (QED) is 0.789. The molecule has 1 aromatic rings. The number of carbonyl (C=O) groups excluding carboxylic acids is 1. The Balaban J connectivity index is 2.15. The Bertz CT molecular complexity index is 472. The Labute approximate surface area is 124 Å². The van der Waals surface area contributed by atoms with Crippen molar-refractivity contribution in [2.45, 2.75) is 45.6 Å². The van der Waals surface area contributed by atoms with Crippen molar-refractivity contribution in [3.8, 4) is 0 Å². The molecule has 0 N–H and O–H groups in total. The van der Waals surface area contributed by atoms with E-state index >= 15 is 0 Å². The summed E-state index contributed by atoms with van der Waals surface area (Å²) in [7, 11) is 1.95. The highest BCUT2D eigenvalue weighted by Gasteiger charge is 2.28. The summed E-state index contributed by atoms with van der Waals surface area (Å²) in [6.07, 6.45) is 4.92. The second-order valence-corrected chi connectivity index (χ2v) is 6.56. The molecule has 1 aliphatic carbocycles. The molecule has 2 unspecified atom stereocenters. The van der Waals surface area contributed by atoms with Crippen molar-refractivity contribution in [2.75, 3.05) is 7.05 Å². The van der Waals surface area contributed by atoms with Crippen LogP contribution in [-0.4, -0.2) is 23.9 Å². The van der Waals surface area contributed by atoms with Gasteiger partial charge in [0.05, 0.1) is 0 Å². The minimum absolute atomic E-state index is 0.148. The number of aryl methyl sites for hydroxylation is 1. The molecule has 104 valence electrons. The van der Waals surface area contributed by atoms with Crippen molar-refractivity contribution >= 4 is 21.8 Å². The van der Waals surface area contributed by atoms with Gasteiger partial charge in [-0.05, 0) is 49.4 Å². The smallest absolute Gasteiger partial charge is 0.253 e. The van der Waals surface area contributed by atoms with Gasteiger partial charge in [-0.15, -0.1) is 0 Å². The van der Waals surface area contributed by atoms with Gasteiger partial charge < -0.3 is 4.90 Å². The van der Waals surface area contributed by atoms with Crippen molar-refractivity contribution in [2.24, 2.45) is 5.92 Å². The van der Waals surface area contributed by atoms with Crippen LogP contribution in [0.4, 0.5) is 0 Å². The van der Waals surface area contributed by atoms with Crippen molar-refractivity contribution < 1.29 is 4.79 Å². The molecule has 0 spiro atoms.